The third kappa shape index (κ3) is 1.77. The molecule has 0 saturated heterocycles. The molecule has 0 saturated carbocycles. The average Bonchev–Trinajstić information content (AvgIpc) is 2.79. The number of carbonyl (C=O) groups is 1. The molecule has 2 aromatic rings. The van der Waals surface area contributed by atoms with E-state index in [9.17, 15) is 4.79 Å². The first-order valence-electron chi connectivity index (χ1n) is 4.84. The van der Waals surface area contributed by atoms with Crippen molar-refractivity contribution in [3.05, 3.63) is 29.3 Å². The highest BCUT2D eigenvalue weighted by atomic mass is 16.1. The van der Waals surface area contributed by atoms with Gasteiger partial charge in [-0.05, 0) is 19.9 Å². The summed E-state index contributed by atoms with van der Waals surface area (Å²) >= 11 is 0. The smallest absolute Gasteiger partial charge is 0.272 e. The quantitative estimate of drug-likeness (QED) is 0.610. The maximum absolute atomic E-state index is 11.8. The van der Waals surface area contributed by atoms with Crippen molar-refractivity contribution < 1.29 is 4.79 Å². The third-order valence-electron chi connectivity index (χ3n) is 2.32. The van der Waals surface area contributed by atoms with E-state index in [4.69, 9.17) is 5.73 Å². The van der Waals surface area contributed by atoms with E-state index in [0.29, 0.717) is 17.1 Å². The van der Waals surface area contributed by atoms with Crippen molar-refractivity contribution in [1.29, 1.82) is 0 Å². The van der Waals surface area contributed by atoms with E-state index in [2.05, 4.69) is 20.5 Å². The normalized spacial score (nSPS) is 10.4. The van der Waals surface area contributed by atoms with Crippen LogP contribution in [-0.2, 0) is 0 Å². The molecule has 5 N–H and O–H groups in total. The molecule has 0 aliphatic rings. The summed E-state index contributed by atoms with van der Waals surface area (Å²) < 4.78 is 0. The Morgan fingerprint density at radius 1 is 1.50 bits per heavy atom. The summed E-state index contributed by atoms with van der Waals surface area (Å²) in [7, 11) is 0. The molecule has 16 heavy (non-hydrogen) atoms. The van der Waals surface area contributed by atoms with Gasteiger partial charge in [-0.15, -0.1) is 0 Å². The van der Waals surface area contributed by atoms with Crippen molar-refractivity contribution in [3.63, 3.8) is 0 Å². The summed E-state index contributed by atoms with van der Waals surface area (Å²) in [4.78, 5) is 14.6. The molecule has 0 aliphatic heterocycles. The number of hydrogen-bond donors (Lipinski definition) is 4. The van der Waals surface area contributed by atoms with E-state index in [1.165, 1.54) is 0 Å². The number of nitrogens with zero attached hydrogens (tertiary/aromatic N) is 1. The van der Waals surface area contributed by atoms with Crippen molar-refractivity contribution in [2.45, 2.75) is 13.8 Å². The van der Waals surface area contributed by atoms with Crippen LogP contribution in [0, 0.1) is 13.8 Å². The third-order valence-corrected chi connectivity index (χ3v) is 2.32. The zero-order valence-corrected chi connectivity index (χ0v) is 9.09. The van der Waals surface area contributed by atoms with Gasteiger partial charge in [0.15, 0.2) is 0 Å². The van der Waals surface area contributed by atoms with Crippen molar-refractivity contribution in [1.82, 2.24) is 15.2 Å². The van der Waals surface area contributed by atoms with Gasteiger partial charge in [-0.25, -0.2) is 0 Å². The first-order valence-corrected chi connectivity index (χ1v) is 4.84. The highest BCUT2D eigenvalue weighted by Crippen LogP contribution is 2.17. The Morgan fingerprint density at radius 3 is 2.75 bits per heavy atom. The molecule has 84 valence electrons. The van der Waals surface area contributed by atoms with Gasteiger partial charge in [-0.1, -0.05) is 0 Å². The lowest BCUT2D eigenvalue weighted by molar-refractivity contribution is 0.102. The summed E-state index contributed by atoms with van der Waals surface area (Å²) in [5, 5.41) is 9.56. The summed E-state index contributed by atoms with van der Waals surface area (Å²) in [5.41, 5.74) is 8.77. The van der Waals surface area contributed by atoms with Crippen LogP contribution in [0.5, 0.6) is 0 Å². The number of amides is 1. The number of hydrogen-bond acceptors (Lipinski definition) is 3. The number of aromatic amines is 2. The van der Waals surface area contributed by atoms with Crippen molar-refractivity contribution in [2.75, 3.05) is 11.1 Å². The Kier molecular flexibility index (Phi) is 2.40. The second-order valence-corrected chi connectivity index (χ2v) is 3.61. The molecule has 2 rings (SSSR count). The second-order valence-electron chi connectivity index (χ2n) is 3.61. The van der Waals surface area contributed by atoms with E-state index >= 15 is 0 Å². The van der Waals surface area contributed by atoms with E-state index < -0.39 is 0 Å². The molecule has 0 spiro atoms. The SMILES string of the molecule is Cc1n[nH]c(C)c1NC(=O)c1cc(N)c[nH]1. The molecule has 6 nitrogen and oxygen atoms in total. The molecular weight excluding hydrogens is 206 g/mol. The molecule has 0 bridgehead atoms. The number of nitrogens with one attached hydrogen (secondary N) is 3. The zero-order valence-electron chi connectivity index (χ0n) is 9.09. The molecule has 0 aliphatic carbocycles. The predicted octanol–water partition coefficient (Wildman–Crippen LogP) is 1.19. The van der Waals surface area contributed by atoms with Crippen molar-refractivity contribution in [2.24, 2.45) is 0 Å². The summed E-state index contributed by atoms with van der Waals surface area (Å²) in [6, 6.07) is 1.58. The number of carbonyl (C=O) groups excluding carboxylic acids is 1. The van der Waals surface area contributed by atoms with Crippen LogP contribution in [-0.4, -0.2) is 21.1 Å². The lowest BCUT2D eigenvalue weighted by Crippen LogP contribution is -2.13. The van der Waals surface area contributed by atoms with Gasteiger partial charge in [0.1, 0.15) is 5.69 Å². The van der Waals surface area contributed by atoms with Gasteiger partial charge >= 0.3 is 0 Å². The standard InChI is InChI=1S/C10H13N5O/c1-5-9(6(2)15-14-5)13-10(16)8-3-7(11)4-12-8/h3-4,12H,11H2,1-2H3,(H,13,16)(H,14,15). The zero-order chi connectivity index (χ0) is 11.7. The molecule has 0 atom stereocenters. The van der Waals surface area contributed by atoms with Crippen LogP contribution < -0.4 is 11.1 Å². The highest BCUT2D eigenvalue weighted by Gasteiger charge is 2.12. The molecule has 0 radical (unpaired) electrons. The lowest BCUT2D eigenvalue weighted by Gasteiger charge is -2.02. The fourth-order valence-electron chi connectivity index (χ4n) is 1.46. The molecule has 0 aromatic carbocycles. The minimum Gasteiger partial charge on any atom is -0.397 e. The van der Waals surface area contributed by atoms with Crippen LogP contribution in [0.1, 0.15) is 21.9 Å². The van der Waals surface area contributed by atoms with Crippen LogP contribution in [0.15, 0.2) is 12.3 Å². The van der Waals surface area contributed by atoms with E-state index in [1.807, 2.05) is 13.8 Å². The van der Waals surface area contributed by atoms with E-state index in [-0.39, 0.29) is 5.91 Å². The number of anilines is 2. The van der Waals surface area contributed by atoms with Crippen LogP contribution in [0.25, 0.3) is 0 Å². The van der Waals surface area contributed by atoms with E-state index in [1.54, 1.807) is 12.3 Å². The number of H-pyrrole nitrogens is 2. The van der Waals surface area contributed by atoms with Gasteiger partial charge in [0, 0.05) is 11.9 Å². The molecule has 6 heteroatoms. The van der Waals surface area contributed by atoms with Gasteiger partial charge < -0.3 is 16.0 Å². The maximum Gasteiger partial charge on any atom is 0.272 e. The van der Waals surface area contributed by atoms with Gasteiger partial charge in [0.05, 0.1) is 17.1 Å². The average molecular weight is 219 g/mol. The fourth-order valence-corrected chi connectivity index (χ4v) is 1.46. The molecular formula is C10H13N5O. The highest BCUT2D eigenvalue weighted by molar-refractivity contribution is 6.04. The minimum absolute atomic E-state index is 0.232. The number of aryl methyl sites for hydroxylation is 2. The number of aromatic nitrogens is 3. The van der Waals surface area contributed by atoms with Crippen LogP contribution in [0.3, 0.4) is 0 Å². The molecule has 2 heterocycles. The largest absolute Gasteiger partial charge is 0.397 e. The number of rotatable bonds is 2. The lowest BCUT2D eigenvalue weighted by atomic mass is 10.3. The van der Waals surface area contributed by atoms with Crippen LogP contribution >= 0.6 is 0 Å². The molecule has 2 aromatic heterocycles. The maximum atomic E-state index is 11.8. The second kappa shape index (κ2) is 3.73. The van der Waals surface area contributed by atoms with E-state index in [0.717, 1.165) is 11.4 Å². The predicted molar refractivity (Wildman–Crippen MR) is 61.2 cm³/mol. The Bertz CT molecular complexity index is 506. The Labute approximate surface area is 92.2 Å². The van der Waals surface area contributed by atoms with Crippen molar-refractivity contribution >= 4 is 17.3 Å². The number of nitrogens with two attached hydrogens (primary N) is 1. The first kappa shape index (κ1) is 10.3. The molecule has 0 unspecified atom stereocenters. The topological polar surface area (TPSA) is 99.6 Å². The van der Waals surface area contributed by atoms with Gasteiger partial charge in [0.2, 0.25) is 0 Å². The van der Waals surface area contributed by atoms with Crippen LogP contribution in [0.2, 0.25) is 0 Å². The van der Waals surface area contributed by atoms with Crippen LogP contribution in [0.4, 0.5) is 11.4 Å². The fraction of sp³-hybridized carbons (Fsp3) is 0.200. The Hall–Kier alpha value is -2.24. The van der Waals surface area contributed by atoms with Crippen molar-refractivity contribution in [3.8, 4) is 0 Å². The van der Waals surface area contributed by atoms with Gasteiger partial charge in [-0.3, -0.25) is 9.89 Å². The minimum atomic E-state index is -0.232. The molecule has 1 amide bonds. The summed E-state index contributed by atoms with van der Waals surface area (Å²) in [6.07, 6.45) is 1.57. The van der Waals surface area contributed by atoms with Gasteiger partial charge in [0.25, 0.3) is 5.91 Å². The Balaban J connectivity index is 2.20. The first-order chi connectivity index (χ1) is 7.58. The monoisotopic (exact) mass is 219 g/mol. The summed E-state index contributed by atoms with van der Waals surface area (Å²) in [6.45, 7) is 3.67. The number of nitrogen functional groups attached to an aromatic ring is 1. The summed E-state index contributed by atoms with van der Waals surface area (Å²) in [5.74, 6) is -0.232. The van der Waals surface area contributed by atoms with Gasteiger partial charge in [-0.2, -0.15) is 5.10 Å². The molecule has 0 fully saturated rings. The Morgan fingerprint density at radius 2 is 2.25 bits per heavy atom.